The molecule has 2 heteroatoms. The summed E-state index contributed by atoms with van der Waals surface area (Å²) in [6, 6.07) is 9.89. The fourth-order valence-electron chi connectivity index (χ4n) is 2.57. The highest BCUT2D eigenvalue weighted by atomic mass is 16.3. The standard InChI is InChI=1S/C16H25NO/c1-13(2)16(9-10-16)12-17-11-15(3,18)14-7-5-4-6-8-14/h4-8,13,17-18H,9-12H2,1-3H3. The van der Waals surface area contributed by atoms with Gasteiger partial charge in [-0.1, -0.05) is 44.2 Å². The molecule has 0 spiro atoms. The Balaban J connectivity index is 1.87. The third kappa shape index (κ3) is 2.93. The normalized spacial score (nSPS) is 20.7. The molecule has 0 heterocycles. The summed E-state index contributed by atoms with van der Waals surface area (Å²) in [5.41, 5.74) is 0.688. The van der Waals surface area contributed by atoms with E-state index in [1.165, 1.54) is 12.8 Å². The second-order valence-electron chi connectivity index (χ2n) is 6.26. The molecule has 0 aromatic heterocycles. The van der Waals surface area contributed by atoms with Crippen LogP contribution in [0.15, 0.2) is 30.3 Å². The fourth-order valence-corrected chi connectivity index (χ4v) is 2.57. The fraction of sp³-hybridized carbons (Fsp3) is 0.625. The zero-order valence-corrected chi connectivity index (χ0v) is 11.7. The van der Waals surface area contributed by atoms with Crippen LogP contribution >= 0.6 is 0 Å². The van der Waals surface area contributed by atoms with Gasteiger partial charge in [-0.15, -0.1) is 0 Å². The maximum Gasteiger partial charge on any atom is 0.0992 e. The molecule has 1 aliphatic rings. The molecule has 0 radical (unpaired) electrons. The smallest absolute Gasteiger partial charge is 0.0992 e. The molecular weight excluding hydrogens is 222 g/mol. The van der Waals surface area contributed by atoms with Crippen molar-refractivity contribution in [3.8, 4) is 0 Å². The van der Waals surface area contributed by atoms with Crippen LogP contribution in [0.3, 0.4) is 0 Å². The Morgan fingerprint density at radius 3 is 2.39 bits per heavy atom. The van der Waals surface area contributed by atoms with Crippen molar-refractivity contribution < 1.29 is 5.11 Å². The first-order valence-corrected chi connectivity index (χ1v) is 6.95. The highest BCUT2D eigenvalue weighted by molar-refractivity contribution is 5.21. The van der Waals surface area contributed by atoms with Crippen LogP contribution in [0.4, 0.5) is 0 Å². The van der Waals surface area contributed by atoms with E-state index in [0.717, 1.165) is 18.0 Å². The minimum Gasteiger partial charge on any atom is -0.384 e. The largest absolute Gasteiger partial charge is 0.384 e. The van der Waals surface area contributed by atoms with Crippen LogP contribution in [0.5, 0.6) is 0 Å². The predicted octanol–water partition coefficient (Wildman–Crippen LogP) is 2.92. The van der Waals surface area contributed by atoms with Crippen molar-refractivity contribution >= 4 is 0 Å². The molecule has 1 atom stereocenters. The molecule has 2 N–H and O–H groups in total. The molecule has 100 valence electrons. The van der Waals surface area contributed by atoms with Gasteiger partial charge in [-0.25, -0.2) is 0 Å². The van der Waals surface area contributed by atoms with E-state index in [2.05, 4.69) is 19.2 Å². The van der Waals surface area contributed by atoms with Crippen LogP contribution in [-0.4, -0.2) is 18.2 Å². The Labute approximate surface area is 110 Å². The van der Waals surface area contributed by atoms with Crippen molar-refractivity contribution in [3.05, 3.63) is 35.9 Å². The zero-order chi connectivity index (χ0) is 13.2. The molecule has 1 aromatic carbocycles. The molecule has 2 rings (SSSR count). The summed E-state index contributed by atoms with van der Waals surface area (Å²) in [7, 11) is 0. The minimum absolute atomic E-state index is 0.493. The zero-order valence-electron chi connectivity index (χ0n) is 11.7. The molecule has 1 saturated carbocycles. The Morgan fingerprint density at radius 2 is 1.89 bits per heavy atom. The van der Waals surface area contributed by atoms with E-state index < -0.39 is 5.60 Å². The van der Waals surface area contributed by atoms with Gasteiger partial charge in [-0.2, -0.15) is 0 Å². The topological polar surface area (TPSA) is 32.3 Å². The van der Waals surface area contributed by atoms with Gasteiger partial charge in [0.15, 0.2) is 0 Å². The third-order valence-corrected chi connectivity index (χ3v) is 4.46. The molecular formula is C16H25NO. The van der Waals surface area contributed by atoms with E-state index in [9.17, 15) is 5.11 Å². The summed E-state index contributed by atoms with van der Waals surface area (Å²) in [6.07, 6.45) is 2.65. The number of aliphatic hydroxyl groups is 1. The van der Waals surface area contributed by atoms with E-state index in [-0.39, 0.29) is 0 Å². The second-order valence-corrected chi connectivity index (χ2v) is 6.26. The molecule has 0 saturated heterocycles. The first-order chi connectivity index (χ1) is 8.46. The number of rotatable bonds is 6. The molecule has 1 aromatic rings. The van der Waals surface area contributed by atoms with Crippen LogP contribution in [0.2, 0.25) is 0 Å². The van der Waals surface area contributed by atoms with Crippen LogP contribution in [0, 0.1) is 11.3 Å². The van der Waals surface area contributed by atoms with Crippen LogP contribution in [-0.2, 0) is 5.60 Å². The second kappa shape index (κ2) is 5.02. The van der Waals surface area contributed by atoms with Crippen molar-refractivity contribution in [1.29, 1.82) is 0 Å². The molecule has 0 amide bonds. The number of hydrogen-bond acceptors (Lipinski definition) is 2. The van der Waals surface area contributed by atoms with E-state index >= 15 is 0 Å². The minimum atomic E-state index is -0.783. The number of nitrogens with one attached hydrogen (secondary N) is 1. The lowest BCUT2D eigenvalue weighted by molar-refractivity contribution is 0.0548. The van der Waals surface area contributed by atoms with Crippen LogP contribution in [0.25, 0.3) is 0 Å². The Morgan fingerprint density at radius 1 is 1.28 bits per heavy atom. The monoisotopic (exact) mass is 247 g/mol. The van der Waals surface area contributed by atoms with Gasteiger partial charge in [0.2, 0.25) is 0 Å². The van der Waals surface area contributed by atoms with Gasteiger partial charge in [0.25, 0.3) is 0 Å². The molecule has 18 heavy (non-hydrogen) atoms. The average molecular weight is 247 g/mol. The first kappa shape index (κ1) is 13.6. The Kier molecular flexibility index (Phi) is 3.79. The van der Waals surface area contributed by atoms with Gasteiger partial charge in [-0.3, -0.25) is 0 Å². The van der Waals surface area contributed by atoms with Crippen molar-refractivity contribution in [1.82, 2.24) is 5.32 Å². The summed E-state index contributed by atoms with van der Waals surface area (Å²) >= 11 is 0. The lowest BCUT2D eigenvalue weighted by Gasteiger charge is -2.27. The Bertz CT molecular complexity index is 379. The number of hydrogen-bond donors (Lipinski definition) is 2. The molecule has 1 unspecified atom stereocenters. The summed E-state index contributed by atoms with van der Waals surface area (Å²) in [5.74, 6) is 0.728. The lowest BCUT2D eigenvalue weighted by atomic mass is 9.91. The highest BCUT2D eigenvalue weighted by Gasteiger charge is 2.44. The molecule has 0 bridgehead atoms. The van der Waals surface area contributed by atoms with Gasteiger partial charge in [0.05, 0.1) is 5.60 Å². The van der Waals surface area contributed by atoms with Crippen molar-refractivity contribution in [2.75, 3.05) is 13.1 Å². The molecule has 1 aliphatic carbocycles. The number of benzene rings is 1. The third-order valence-electron chi connectivity index (χ3n) is 4.46. The SMILES string of the molecule is CC(C)C1(CNCC(C)(O)c2ccccc2)CC1. The quantitative estimate of drug-likeness (QED) is 0.810. The highest BCUT2D eigenvalue weighted by Crippen LogP contribution is 2.51. The van der Waals surface area contributed by atoms with Gasteiger partial charge >= 0.3 is 0 Å². The van der Waals surface area contributed by atoms with Crippen LogP contribution < -0.4 is 5.32 Å². The van der Waals surface area contributed by atoms with E-state index in [1.54, 1.807) is 0 Å². The van der Waals surface area contributed by atoms with Crippen molar-refractivity contribution in [3.63, 3.8) is 0 Å². The van der Waals surface area contributed by atoms with E-state index in [1.807, 2.05) is 37.3 Å². The first-order valence-electron chi connectivity index (χ1n) is 6.95. The van der Waals surface area contributed by atoms with E-state index in [0.29, 0.717) is 12.0 Å². The molecule has 1 fully saturated rings. The van der Waals surface area contributed by atoms with Gasteiger partial charge in [0, 0.05) is 13.1 Å². The van der Waals surface area contributed by atoms with Gasteiger partial charge in [-0.05, 0) is 36.7 Å². The van der Waals surface area contributed by atoms with Gasteiger partial charge < -0.3 is 10.4 Å². The predicted molar refractivity (Wildman–Crippen MR) is 75.4 cm³/mol. The lowest BCUT2D eigenvalue weighted by Crippen LogP contribution is -2.39. The maximum absolute atomic E-state index is 10.5. The molecule has 0 aliphatic heterocycles. The summed E-state index contributed by atoms with van der Waals surface area (Å²) < 4.78 is 0. The Hall–Kier alpha value is -0.860. The maximum atomic E-state index is 10.5. The molecule has 2 nitrogen and oxygen atoms in total. The van der Waals surface area contributed by atoms with Crippen LogP contribution in [0.1, 0.15) is 39.2 Å². The van der Waals surface area contributed by atoms with E-state index in [4.69, 9.17) is 0 Å². The summed E-state index contributed by atoms with van der Waals surface area (Å²) in [5, 5.41) is 13.9. The summed E-state index contributed by atoms with van der Waals surface area (Å²) in [4.78, 5) is 0. The van der Waals surface area contributed by atoms with Crippen molar-refractivity contribution in [2.24, 2.45) is 11.3 Å². The van der Waals surface area contributed by atoms with Gasteiger partial charge in [0.1, 0.15) is 0 Å². The summed E-state index contributed by atoms with van der Waals surface area (Å²) in [6.45, 7) is 8.11. The van der Waals surface area contributed by atoms with Crippen molar-refractivity contribution in [2.45, 2.75) is 39.2 Å². The average Bonchev–Trinajstić information content (AvgIpc) is 3.11.